The van der Waals surface area contributed by atoms with Gasteiger partial charge in [0.1, 0.15) is 19.5 Å². The number of likely N-dealkylation sites (tertiary alicyclic amines) is 1. The summed E-state index contributed by atoms with van der Waals surface area (Å²) < 4.78 is 11.5. The lowest BCUT2D eigenvalue weighted by molar-refractivity contribution is 0.171. The number of anilines is 1. The molecule has 1 atom stereocenters. The Morgan fingerprint density at radius 3 is 2.75 bits per heavy atom. The van der Waals surface area contributed by atoms with E-state index in [4.69, 9.17) is 14.3 Å². The number of rotatable bonds is 8. The fourth-order valence-corrected chi connectivity index (χ4v) is 6.27. The van der Waals surface area contributed by atoms with Gasteiger partial charge in [-0.05, 0) is 88.7 Å². The van der Waals surface area contributed by atoms with E-state index < -0.39 is 0 Å². The lowest BCUT2D eigenvalue weighted by Crippen LogP contribution is -2.38. The van der Waals surface area contributed by atoms with Crippen LogP contribution in [-0.2, 0) is 4.84 Å². The zero-order chi connectivity index (χ0) is 24.7. The van der Waals surface area contributed by atoms with Crippen molar-refractivity contribution in [3.8, 4) is 11.5 Å². The number of hydrogen-bond donors (Lipinski definition) is 0. The Morgan fingerprint density at radius 2 is 1.92 bits per heavy atom. The van der Waals surface area contributed by atoms with E-state index in [1.54, 1.807) is 14.2 Å². The van der Waals surface area contributed by atoms with E-state index in [-0.39, 0.29) is 0 Å². The fraction of sp³-hybridized carbons (Fsp3) is 0.655. The van der Waals surface area contributed by atoms with Gasteiger partial charge in [-0.3, -0.25) is 4.98 Å². The van der Waals surface area contributed by atoms with Gasteiger partial charge in [-0.1, -0.05) is 18.0 Å². The van der Waals surface area contributed by atoms with Crippen molar-refractivity contribution < 1.29 is 14.3 Å². The third-order valence-electron chi connectivity index (χ3n) is 8.42. The summed E-state index contributed by atoms with van der Waals surface area (Å²) in [4.78, 5) is 15.0. The van der Waals surface area contributed by atoms with Crippen LogP contribution in [0.3, 0.4) is 0 Å². The van der Waals surface area contributed by atoms with E-state index in [9.17, 15) is 0 Å². The molecule has 0 spiro atoms. The first-order valence-corrected chi connectivity index (χ1v) is 13.9. The molecular weight excluding hydrogens is 452 g/mol. The molecule has 2 aliphatic heterocycles. The molecule has 0 radical (unpaired) electrons. The van der Waals surface area contributed by atoms with Crippen molar-refractivity contribution in [1.82, 2.24) is 9.88 Å². The molecule has 2 aromatic rings. The Morgan fingerprint density at radius 1 is 1.03 bits per heavy atom. The van der Waals surface area contributed by atoms with Crippen molar-refractivity contribution in [1.29, 1.82) is 0 Å². The summed E-state index contributed by atoms with van der Waals surface area (Å²) in [5, 5.41) is 5.51. The number of hydrogen-bond acceptors (Lipinski definition) is 7. The number of fused-ring (bicyclic) bond motifs is 3. The molecule has 3 aliphatic rings. The van der Waals surface area contributed by atoms with Crippen LogP contribution >= 0.6 is 0 Å². The molecular formula is C29H42N4O3. The molecule has 1 saturated heterocycles. The SMILES string of the molecule is CO/N=C1\CCCCCC1CCN1CCC(CCN2CCOc3cnc4ccc(OC)cc4c32)CC1. The van der Waals surface area contributed by atoms with E-state index in [2.05, 4.69) is 26.0 Å². The number of aromatic nitrogens is 1. The van der Waals surface area contributed by atoms with Gasteiger partial charge in [0.15, 0.2) is 5.75 Å². The third kappa shape index (κ3) is 5.88. The summed E-state index contributed by atoms with van der Waals surface area (Å²) in [6.45, 7) is 6.34. The topological polar surface area (TPSA) is 59.4 Å². The highest BCUT2D eigenvalue weighted by Gasteiger charge is 2.26. The van der Waals surface area contributed by atoms with Gasteiger partial charge >= 0.3 is 0 Å². The smallest absolute Gasteiger partial charge is 0.161 e. The van der Waals surface area contributed by atoms with Gasteiger partial charge in [-0.25, -0.2) is 0 Å². The lowest BCUT2D eigenvalue weighted by Gasteiger charge is -2.36. The predicted octanol–water partition coefficient (Wildman–Crippen LogP) is 5.52. The number of nitrogens with zero attached hydrogens (tertiary/aromatic N) is 4. The van der Waals surface area contributed by atoms with Crippen molar-refractivity contribution >= 4 is 22.3 Å². The van der Waals surface area contributed by atoms with Gasteiger partial charge in [-0.2, -0.15) is 0 Å². The van der Waals surface area contributed by atoms with Crippen LogP contribution in [0.15, 0.2) is 29.6 Å². The second-order valence-corrected chi connectivity index (χ2v) is 10.6. The van der Waals surface area contributed by atoms with E-state index in [0.717, 1.165) is 54.4 Å². The molecule has 7 heteroatoms. The van der Waals surface area contributed by atoms with Crippen LogP contribution in [0.4, 0.5) is 5.69 Å². The number of methoxy groups -OCH3 is 1. The largest absolute Gasteiger partial charge is 0.497 e. The second kappa shape index (κ2) is 12.1. The maximum atomic E-state index is 5.98. The summed E-state index contributed by atoms with van der Waals surface area (Å²) >= 11 is 0. The minimum absolute atomic E-state index is 0.606. The Labute approximate surface area is 215 Å². The molecule has 1 aromatic carbocycles. The Balaban J connectivity index is 1.14. The summed E-state index contributed by atoms with van der Waals surface area (Å²) in [7, 11) is 3.40. The highest BCUT2D eigenvalue weighted by molar-refractivity contribution is 5.96. The molecule has 1 aliphatic carbocycles. The van der Waals surface area contributed by atoms with Gasteiger partial charge in [-0.15, -0.1) is 0 Å². The van der Waals surface area contributed by atoms with Gasteiger partial charge < -0.3 is 24.1 Å². The monoisotopic (exact) mass is 494 g/mol. The van der Waals surface area contributed by atoms with Crippen molar-refractivity contribution in [3.05, 3.63) is 24.4 Å². The predicted molar refractivity (Wildman–Crippen MR) is 145 cm³/mol. The van der Waals surface area contributed by atoms with Gasteiger partial charge in [0.05, 0.1) is 36.8 Å². The molecule has 1 saturated carbocycles. The zero-order valence-electron chi connectivity index (χ0n) is 22.1. The molecule has 2 fully saturated rings. The average Bonchev–Trinajstić information content (AvgIpc) is 3.15. The van der Waals surface area contributed by atoms with Crippen LogP contribution in [-0.4, -0.2) is 69.1 Å². The summed E-state index contributed by atoms with van der Waals surface area (Å²) in [5.74, 6) is 3.15. The van der Waals surface area contributed by atoms with E-state index in [1.165, 1.54) is 82.4 Å². The van der Waals surface area contributed by atoms with Crippen molar-refractivity contribution in [2.24, 2.45) is 17.0 Å². The van der Waals surface area contributed by atoms with Gasteiger partial charge in [0.2, 0.25) is 0 Å². The zero-order valence-corrected chi connectivity index (χ0v) is 22.1. The first-order valence-electron chi connectivity index (χ1n) is 13.9. The van der Waals surface area contributed by atoms with Crippen molar-refractivity contribution in [2.75, 3.05) is 58.5 Å². The quantitative estimate of drug-likeness (QED) is 0.356. The highest BCUT2D eigenvalue weighted by atomic mass is 16.6. The number of oxime groups is 1. The molecule has 36 heavy (non-hydrogen) atoms. The molecule has 5 rings (SSSR count). The van der Waals surface area contributed by atoms with Crippen molar-refractivity contribution in [2.45, 2.75) is 57.8 Å². The van der Waals surface area contributed by atoms with E-state index in [0.29, 0.717) is 5.92 Å². The molecule has 0 bridgehead atoms. The minimum atomic E-state index is 0.606. The Bertz CT molecular complexity index is 1030. The minimum Gasteiger partial charge on any atom is -0.497 e. The van der Waals surface area contributed by atoms with E-state index >= 15 is 0 Å². The molecule has 3 heterocycles. The van der Waals surface area contributed by atoms with Crippen LogP contribution in [0.1, 0.15) is 57.8 Å². The molecule has 0 amide bonds. The molecule has 196 valence electrons. The molecule has 7 nitrogen and oxygen atoms in total. The number of pyridine rings is 1. The number of piperidine rings is 1. The highest BCUT2D eigenvalue weighted by Crippen LogP contribution is 2.39. The van der Waals surface area contributed by atoms with Crippen LogP contribution in [0.2, 0.25) is 0 Å². The van der Waals surface area contributed by atoms with Crippen LogP contribution in [0, 0.1) is 11.8 Å². The van der Waals surface area contributed by atoms with Crippen LogP contribution in [0.25, 0.3) is 10.9 Å². The number of ether oxygens (including phenoxy) is 2. The number of benzene rings is 1. The molecule has 1 aromatic heterocycles. The summed E-state index contributed by atoms with van der Waals surface area (Å²) in [6, 6.07) is 6.11. The van der Waals surface area contributed by atoms with E-state index in [1.807, 2.05) is 18.3 Å². The average molecular weight is 495 g/mol. The lowest BCUT2D eigenvalue weighted by atomic mass is 9.91. The Kier molecular flexibility index (Phi) is 8.47. The van der Waals surface area contributed by atoms with Crippen LogP contribution < -0.4 is 14.4 Å². The molecule has 1 unspecified atom stereocenters. The summed E-state index contributed by atoms with van der Waals surface area (Å²) in [6.07, 6.45) is 13.2. The first kappa shape index (κ1) is 25.1. The summed E-state index contributed by atoms with van der Waals surface area (Å²) in [5.41, 5.74) is 3.47. The third-order valence-corrected chi connectivity index (χ3v) is 8.42. The van der Waals surface area contributed by atoms with Gasteiger partial charge in [0, 0.05) is 17.8 Å². The van der Waals surface area contributed by atoms with Gasteiger partial charge in [0.25, 0.3) is 0 Å². The standard InChI is InChI=1S/C29H42N4O3/c1-34-24-8-9-27-25(20-24)29-28(21-30-27)36-19-18-33(29)17-12-22-10-14-32(15-11-22)16-13-23-6-4-3-5-7-26(23)31-35-2/h8-9,20-23H,3-7,10-19H2,1-2H3/b31-26+. The maximum Gasteiger partial charge on any atom is 0.161 e. The first-order chi connectivity index (χ1) is 17.7. The molecule has 0 N–H and O–H groups in total. The normalized spacial score (nSPS) is 22.8. The fourth-order valence-electron chi connectivity index (χ4n) is 6.27. The second-order valence-electron chi connectivity index (χ2n) is 10.6. The van der Waals surface area contributed by atoms with Crippen LogP contribution in [0.5, 0.6) is 11.5 Å². The Hall–Kier alpha value is -2.54. The maximum absolute atomic E-state index is 5.98. The van der Waals surface area contributed by atoms with Crippen molar-refractivity contribution in [3.63, 3.8) is 0 Å².